The van der Waals surface area contributed by atoms with E-state index >= 15 is 0 Å². The molecule has 6 heterocycles. The van der Waals surface area contributed by atoms with Crippen molar-refractivity contribution in [3.05, 3.63) is 112 Å². The normalized spacial score (nSPS) is 26.0. The number of likely N-dealkylation sites (tertiary alicyclic amines) is 1. The quantitative estimate of drug-likeness (QED) is 0.219. The maximum absolute atomic E-state index is 13.4. The van der Waals surface area contributed by atoms with Crippen LogP contribution >= 0.6 is 0 Å². The Labute approximate surface area is 345 Å². The number of aromatic hydroxyl groups is 1. The van der Waals surface area contributed by atoms with Crippen LogP contribution in [-0.2, 0) is 28.0 Å². The van der Waals surface area contributed by atoms with Crippen molar-refractivity contribution < 1.29 is 24.2 Å². The highest BCUT2D eigenvalue weighted by Gasteiger charge is 2.50. The van der Waals surface area contributed by atoms with Gasteiger partial charge in [-0.05, 0) is 129 Å². The highest BCUT2D eigenvalue weighted by molar-refractivity contribution is 6.05. The molecule has 3 amide bonds. The average molecular weight is 793 g/mol. The monoisotopic (exact) mass is 792 g/mol. The average Bonchev–Trinajstić information content (AvgIpc) is 3.78. The number of piperidine rings is 3. The molecule has 5 aliphatic heterocycles. The Kier molecular flexibility index (Phi) is 8.83. The molecular formula is C48H52N6O5. The first-order valence-electron chi connectivity index (χ1n) is 21.8. The van der Waals surface area contributed by atoms with Crippen molar-refractivity contribution in [2.75, 3.05) is 44.2 Å². The van der Waals surface area contributed by atoms with E-state index in [-0.39, 0.29) is 35.5 Å². The Morgan fingerprint density at radius 2 is 1.63 bits per heavy atom. The summed E-state index contributed by atoms with van der Waals surface area (Å²) in [6, 6.07) is 20.1. The topological polar surface area (TPSA) is 128 Å². The standard InChI is InChI=1S/C48H52N6O5/c55-34-7-9-36-32(22-34)6-8-35(31-4-2-1-3-5-31)42(36)33-25-49-46(50-26-33)53-20-14-47(15-21-53)23-30(24-47)27-52-18-16-48(17-19-52)29-59-43-38-28-54(40-12-13-41(56)51-44(40)57)45(58)37(38)10-11-39(43)48/h1-5,7,9-11,22,25-26,30,35,40,42,55H,6,8,12-21,23-24,27-29H2,(H,51,56,57)/t35-,40+,42+/m1/s1. The van der Waals surface area contributed by atoms with Gasteiger partial charge in [-0.1, -0.05) is 42.5 Å². The molecule has 3 aromatic carbocycles. The number of hydrogen-bond donors (Lipinski definition) is 2. The Morgan fingerprint density at radius 1 is 0.847 bits per heavy atom. The molecule has 3 saturated heterocycles. The lowest BCUT2D eigenvalue weighted by Crippen LogP contribution is -2.52. The number of hydrogen-bond acceptors (Lipinski definition) is 9. The van der Waals surface area contributed by atoms with Crippen LogP contribution in [0.5, 0.6) is 11.5 Å². The van der Waals surface area contributed by atoms with Gasteiger partial charge in [0.25, 0.3) is 5.91 Å². The molecule has 4 aromatic rings. The molecule has 11 rings (SSSR count). The number of amides is 3. The number of nitrogens with zero attached hydrogens (tertiary/aromatic N) is 5. The Bertz CT molecular complexity index is 2310. The van der Waals surface area contributed by atoms with Gasteiger partial charge in [0.15, 0.2) is 0 Å². The number of benzene rings is 3. The van der Waals surface area contributed by atoms with Crippen molar-refractivity contribution in [1.82, 2.24) is 25.1 Å². The summed E-state index contributed by atoms with van der Waals surface area (Å²) in [6.45, 7) is 6.24. The van der Waals surface area contributed by atoms with Crippen LogP contribution in [0.3, 0.4) is 0 Å². The fraction of sp³-hybridized carbons (Fsp3) is 0.479. The predicted octanol–water partition coefficient (Wildman–Crippen LogP) is 6.23. The van der Waals surface area contributed by atoms with E-state index in [4.69, 9.17) is 14.7 Å². The van der Waals surface area contributed by atoms with Gasteiger partial charge in [0, 0.05) is 66.5 Å². The molecule has 1 aromatic heterocycles. The van der Waals surface area contributed by atoms with Gasteiger partial charge in [0.1, 0.15) is 17.5 Å². The predicted molar refractivity (Wildman–Crippen MR) is 221 cm³/mol. The van der Waals surface area contributed by atoms with Gasteiger partial charge in [-0.25, -0.2) is 9.97 Å². The number of fused-ring (bicyclic) bond motifs is 5. The molecule has 0 unspecified atom stereocenters. The number of phenols is 1. The highest BCUT2D eigenvalue weighted by atomic mass is 16.5. The second-order valence-corrected chi connectivity index (χ2v) is 18.7. The molecule has 304 valence electrons. The number of aromatic nitrogens is 2. The molecule has 0 bridgehead atoms. The molecule has 0 radical (unpaired) electrons. The van der Waals surface area contributed by atoms with Gasteiger partial charge in [0.05, 0.1) is 13.2 Å². The first-order valence-corrected chi connectivity index (χ1v) is 21.8. The number of imide groups is 1. The highest BCUT2D eigenvalue weighted by Crippen LogP contribution is 2.54. The fourth-order valence-corrected chi connectivity index (χ4v) is 12.2. The number of anilines is 1. The van der Waals surface area contributed by atoms with Crippen LogP contribution in [0.1, 0.15) is 113 Å². The van der Waals surface area contributed by atoms with E-state index in [2.05, 4.69) is 70.0 Å². The van der Waals surface area contributed by atoms with E-state index < -0.39 is 6.04 Å². The molecule has 11 heteroatoms. The van der Waals surface area contributed by atoms with Gasteiger partial charge in [-0.15, -0.1) is 0 Å². The molecule has 59 heavy (non-hydrogen) atoms. The molecular weight excluding hydrogens is 741 g/mol. The molecule has 2 spiro atoms. The molecule has 1 saturated carbocycles. The van der Waals surface area contributed by atoms with E-state index in [1.807, 2.05) is 18.2 Å². The molecule has 7 aliphatic rings. The second-order valence-electron chi connectivity index (χ2n) is 18.7. The number of phenolic OH excluding ortho intramolecular Hbond substituents is 1. The zero-order valence-corrected chi connectivity index (χ0v) is 33.6. The summed E-state index contributed by atoms with van der Waals surface area (Å²) in [5.41, 5.74) is 8.11. The number of aryl methyl sites for hydroxylation is 1. The van der Waals surface area contributed by atoms with Gasteiger partial charge in [0.2, 0.25) is 17.8 Å². The van der Waals surface area contributed by atoms with Gasteiger partial charge < -0.3 is 24.5 Å². The van der Waals surface area contributed by atoms with E-state index in [0.29, 0.717) is 42.2 Å². The van der Waals surface area contributed by atoms with Crippen molar-refractivity contribution in [3.63, 3.8) is 0 Å². The minimum absolute atomic E-state index is 0.0334. The fourth-order valence-electron chi connectivity index (χ4n) is 12.2. The van der Waals surface area contributed by atoms with Crippen molar-refractivity contribution in [2.45, 2.75) is 94.0 Å². The van der Waals surface area contributed by atoms with Crippen LogP contribution in [0.25, 0.3) is 0 Å². The summed E-state index contributed by atoms with van der Waals surface area (Å²) >= 11 is 0. The van der Waals surface area contributed by atoms with E-state index in [1.165, 1.54) is 47.9 Å². The Hall–Kier alpha value is -5.29. The first-order chi connectivity index (χ1) is 28.7. The summed E-state index contributed by atoms with van der Waals surface area (Å²) in [5.74, 6) is 2.42. The van der Waals surface area contributed by atoms with Gasteiger partial charge >= 0.3 is 0 Å². The summed E-state index contributed by atoms with van der Waals surface area (Å²) in [7, 11) is 0. The summed E-state index contributed by atoms with van der Waals surface area (Å²) in [5, 5.41) is 12.6. The number of nitrogens with one attached hydrogen (secondary N) is 1. The maximum Gasteiger partial charge on any atom is 0.255 e. The lowest BCUT2D eigenvalue weighted by atomic mass is 9.57. The number of carbonyl (C=O) groups is 3. The first kappa shape index (κ1) is 36.8. The number of rotatable bonds is 6. The van der Waals surface area contributed by atoms with Crippen LogP contribution in [0.2, 0.25) is 0 Å². The van der Waals surface area contributed by atoms with Crippen LogP contribution in [0, 0.1) is 11.3 Å². The third kappa shape index (κ3) is 6.30. The van der Waals surface area contributed by atoms with Gasteiger partial charge in [-0.2, -0.15) is 0 Å². The molecule has 11 nitrogen and oxygen atoms in total. The van der Waals surface area contributed by atoms with Crippen LogP contribution in [-0.4, -0.2) is 88.0 Å². The lowest BCUT2D eigenvalue weighted by molar-refractivity contribution is -0.136. The van der Waals surface area contributed by atoms with Crippen molar-refractivity contribution in [2.24, 2.45) is 11.3 Å². The van der Waals surface area contributed by atoms with Crippen LogP contribution in [0.4, 0.5) is 5.95 Å². The van der Waals surface area contributed by atoms with Crippen LogP contribution < -0.4 is 15.0 Å². The van der Waals surface area contributed by atoms with Crippen LogP contribution in [0.15, 0.2) is 73.1 Å². The number of ether oxygens (including phenoxy) is 1. The number of carbonyl (C=O) groups excluding carboxylic acids is 3. The zero-order valence-electron chi connectivity index (χ0n) is 33.6. The Morgan fingerprint density at radius 3 is 2.39 bits per heavy atom. The lowest BCUT2D eigenvalue weighted by Gasteiger charge is -2.53. The SMILES string of the molecule is O=C1CC[C@H](N2Cc3c(ccc4c3OCC43CCN(CC4CC5(CCN(c6ncc([C@@H]7c8ccc(O)cc8CC[C@@H]7c7ccccc7)cn6)CC5)C4)CC3)C2=O)C(=O)N1. The third-order valence-corrected chi connectivity index (χ3v) is 15.4. The molecule has 2 aliphatic carbocycles. The summed E-state index contributed by atoms with van der Waals surface area (Å²) in [4.78, 5) is 54.4. The zero-order chi connectivity index (χ0) is 39.9. The van der Waals surface area contributed by atoms with E-state index in [1.54, 1.807) is 4.90 Å². The van der Waals surface area contributed by atoms with E-state index in [0.717, 1.165) is 87.1 Å². The van der Waals surface area contributed by atoms with Crippen molar-refractivity contribution in [1.29, 1.82) is 0 Å². The van der Waals surface area contributed by atoms with Crippen molar-refractivity contribution >= 4 is 23.7 Å². The third-order valence-electron chi connectivity index (χ3n) is 15.4. The van der Waals surface area contributed by atoms with Crippen molar-refractivity contribution in [3.8, 4) is 11.5 Å². The minimum Gasteiger partial charge on any atom is -0.508 e. The second kappa shape index (κ2) is 14.2. The largest absolute Gasteiger partial charge is 0.508 e. The maximum atomic E-state index is 13.4. The smallest absolute Gasteiger partial charge is 0.255 e. The molecule has 3 atom stereocenters. The summed E-state index contributed by atoms with van der Waals surface area (Å²) in [6.07, 6.45) is 13.7. The van der Waals surface area contributed by atoms with Gasteiger partial charge in [-0.3, -0.25) is 19.7 Å². The Balaban J connectivity index is 0.685. The minimum atomic E-state index is -0.621. The molecule has 2 N–H and O–H groups in total. The summed E-state index contributed by atoms with van der Waals surface area (Å²) < 4.78 is 6.43. The van der Waals surface area contributed by atoms with E-state index in [9.17, 15) is 19.5 Å². The molecule has 4 fully saturated rings.